The SMILES string of the molecule is C[C@H]1[C@@H](NC(=O)Cn2nnc(-c3ccccc3Cl)n2)CCC[C@@H]1C. The maximum absolute atomic E-state index is 12.3. The fraction of sp³-hybridized carbons (Fsp3) is 0.529. The Balaban J connectivity index is 1.62. The Hall–Kier alpha value is -1.95. The Morgan fingerprint density at radius 2 is 2.12 bits per heavy atom. The van der Waals surface area contributed by atoms with E-state index in [4.69, 9.17) is 11.6 Å². The van der Waals surface area contributed by atoms with Gasteiger partial charge < -0.3 is 5.32 Å². The number of nitrogens with one attached hydrogen (secondary N) is 1. The number of carbonyl (C=O) groups excluding carboxylic acids is 1. The highest BCUT2D eigenvalue weighted by atomic mass is 35.5. The second kappa shape index (κ2) is 7.30. The Kier molecular flexibility index (Phi) is 5.14. The molecule has 0 spiro atoms. The van der Waals surface area contributed by atoms with E-state index in [1.807, 2.05) is 18.2 Å². The smallest absolute Gasteiger partial charge is 0.243 e. The van der Waals surface area contributed by atoms with Gasteiger partial charge in [-0.15, -0.1) is 10.2 Å². The lowest BCUT2D eigenvalue weighted by Crippen LogP contribution is -2.45. The summed E-state index contributed by atoms with van der Waals surface area (Å²) in [5.74, 6) is 1.47. The number of hydrogen-bond acceptors (Lipinski definition) is 4. The second-order valence-electron chi connectivity index (χ2n) is 6.56. The van der Waals surface area contributed by atoms with E-state index in [1.165, 1.54) is 11.2 Å². The molecule has 7 heteroatoms. The van der Waals surface area contributed by atoms with Gasteiger partial charge >= 0.3 is 0 Å². The van der Waals surface area contributed by atoms with Crippen LogP contribution in [0.5, 0.6) is 0 Å². The molecule has 0 radical (unpaired) electrons. The van der Waals surface area contributed by atoms with Crippen molar-refractivity contribution in [3.05, 3.63) is 29.3 Å². The minimum absolute atomic E-state index is 0.0645. The van der Waals surface area contributed by atoms with Gasteiger partial charge in [-0.2, -0.15) is 4.80 Å². The molecule has 0 aliphatic heterocycles. The first-order chi connectivity index (χ1) is 11.5. The standard InChI is InChI=1S/C17H22ClN5O/c1-11-6-5-9-15(12(11)2)19-16(24)10-23-21-17(20-22-23)13-7-3-4-8-14(13)18/h3-4,7-8,11-12,15H,5-6,9-10H2,1-2H3,(H,19,24)/t11-,12+,15-/m0/s1. The van der Waals surface area contributed by atoms with Crippen LogP contribution in [0.3, 0.4) is 0 Å². The van der Waals surface area contributed by atoms with E-state index < -0.39 is 0 Å². The summed E-state index contributed by atoms with van der Waals surface area (Å²) >= 11 is 6.14. The zero-order valence-corrected chi connectivity index (χ0v) is 14.7. The quantitative estimate of drug-likeness (QED) is 0.922. The summed E-state index contributed by atoms with van der Waals surface area (Å²) in [5, 5.41) is 15.9. The number of nitrogens with zero attached hydrogens (tertiary/aromatic N) is 4. The third-order valence-corrected chi connectivity index (χ3v) is 5.24. The average molecular weight is 348 g/mol. The van der Waals surface area contributed by atoms with Crippen LogP contribution in [0, 0.1) is 11.8 Å². The highest BCUT2D eigenvalue weighted by Crippen LogP contribution is 2.29. The van der Waals surface area contributed by atoms with Gasteiger partial charge in [0.2, 0.25) is 11.7 Å². The summed E-state index contributed by atoms with van der Waals surface area (Å²) in [7, 11) is 0. The van der Waals surface area contributed by atoms with Crippen molar-refractivity contribution in [1.29, 1.82) is 0 Å². The van der Waals surface area contributed by atoms with Crippen LogP contribution >= 0.6 is 11.6 Å². The van der Waals surface area contributed by atoms with Crippen molar-refractivity contribution < 1.29 is 4.79 Å². The molecule has 128 valence electrons. The highest BCUT2D eigenvalue weighted by molar-refractivity contribution is 6.33. The molecule has 0 saturated heterocycles. The number of halogens is 1. The lowest BCUT2D eigenvalue weighted by atomic mass is 9.78. The topological polar surface area (TPSA) is 72.7 Å². The molecule has 1 saturated carbocycles. The molecule has 1 amide bonds. The summed E-state index contributed by atoms with van der Waals surface area (Å²) < 4.78 is 0. The maximum Gasteiger partial charge on any atom is 0.243 e. The van der Waals surface area contributed by atoms with Gasteiger partial charge in [0.1, 0.15) is 6.54 Å². The molecule has 1 heterocycles. The van der Waals surface area contributed by atoms with Crippen molar-refractivity contribution in [2.45, 2.75) is 45.7 Å². The first kappa shape index (κ1) is 16.9. The molecule has 1 aliphatic carbocycles. The minimum Gasteiger partial charge on any atom is -0.351 e. The number of benzene rings is 1. The van der Waals surface area contributed by atoms with Crippen LogP contribution in [0.1, 0.15) is 33.1 Å². The molecule has 6 nitrogen and oxygen atoms in total. The van der Waals surface area contributed by atoms with E-state index in [0.717, 1.165) is 12.8 Å². The third kappa shape index (κ3) is 3.75. The maximum atomic E-state index is 12.3. The fourth-order valence-electron chi connectivity index (χ4n) is 3.23. The van der Waals surface area contributed by atoms with Crippen LogP contribution in [0.15, 0.2) is 24.3 Å². The van der Waals surface area contributed by atoms with Gasteiger partial charge in [-0.05, 0) is 35.6 Å². The minimum atomic E-state index is -0.0796. The zero-order valence-electron chi connectivity index (χ0n) is 13.9. The van der Waals surface area contributed by atoms with Crippen molar-refractivity contribution in [1.82, 2.24) is 25.5 Å². The summed E-state index contributed by atoms with van der Waals surface area (Å²) in [5.41, 5.74) is 0.709. The summed E-state index contributed by atoms with van der Waals surface area (Å²) in [4.78, 5) is 13.6. The molecule has 1 fully saturated rings. The van der Waals surface area contributed by atoms with Gasteiger partial charge in [-0.25, -0.2) is 0 Å². The Bertz CT molecular complexity index is 717. The van der Waals surface area contributed by atoms with E-state index >= 15 is 0 Å². The number of rotatable bonds is 4. The van der Waals surface area contributed by atoms with E-state index in [2.05, 4.69) is 34.6 Å². The second-order valence-corrected chi connectivity index (χ2v) is 6.97. The van der Waals surface area contributed by atoms with Crippen LogP contribution in [0.2, 0.25) is 5.02 Å². The highest BCUT2D eigenvalue weighted by Gasteiger charge is 2.28. The van der Waals surface area contributed by atoms with Crippen LogP contribution in [-0.2, 0) is 11.3 Å². The Labute approximate surface area is 146 Å². The van der Waals surface area contributed by atoms with Crippen molar-refractivity contribution >= 4 is 17.5 Å². The molecule has 1 aromatic carbocycles. The van der Waals surface area contributed by atoms with Crippen LogP contribution in [0.4, 0.5) is 0 Å². The number of amides is 1. The number of hydrogen-bond donors (Lipinski definition) is 1. The van der Waals surface area contributed by atoms with Gasteiger partial charge in [0, 0.05) is 11.6 Å². The fourth-order valence-corrected chi connectivity index (χ4v) is 3.45. The largest absolute Gasteiger partial charge is 0.351 e. The lowest BCUT2D eigenvalue weighted by Gasteiger charge is -2.34. The summed E-state index contributed by atoms with van der Waals surface area (Å²) in [6.07, 6.45) is 3.43. The molecular weight excluding hydrogens is 326 g/mol. The first-order valence-corrected chi connectivity index (χ1v) is 8.74. The molecule has 2 aromatic rings. The van der Waals surface area contributed by atoms with Crippen molar-refractivity contribution in [3.8, 4) is 11.4 Å². The summed E-state index contributed by atoms with van der Waals surface area (Å²) in [6, 6.07) is 7.54. The van der Waals surface area contributed by atoms with E-state index in [1.54, 1.807) is 6.07 Å². The van der Waals surface area contributed by atoms with Crippen LogP contribution in [0.25, 0.3) is 11.4 Å². The van der Waals surface area contributed by atoms with Crippen molar-refractivity contribution in [2.24, 2.45) is 11.8 Å². The predicted molar refractivity (Wildman–Crippen MR) is 92.4 cm³/mol. The zero-order chi connectivity index (χ0) is 17.1. The molecule has 0 unspecified atom stereocenters. The predicted octanol–water partition coefficient (Wildman–Crippen LogP) is 2.93. The number of carbonyl (C=O) groups is 1. The Morgan fingerprint density at radius 1 is 1.33 bits per heavy atom. The molecule has 1 aliphatic rings. The number of tetrazole rings is 1. The van der Waals surface area contributed by atoms with Gasteiger partial charge in [-0.1, -0.05) is 50.4 Å². The lowest BCUT2D eigenvalue weighted by molar-refractivity contribution is -0.123. The molecule has 1 aromatic heterocycles. The van der Waals surface area contributed by atoms with Gasteiger partial charge in [0.25, 0.3) is 0 Å². The monoisotopic (exact) mass is 347 g/mol. The molecule has 24 heavy (non-hydrogen) atoms. The van der Waals surface area contributed by atoms with Gasteiger partial charge in [0.05, 0.1) is 5.02 Å². The van der Waals surface area contributed by atoms with Crippen molar-refractivity contribution in [3.63, 3.8) is 0 Å². The molecule has 3 rings (SSSR count). The first-order valence-electron chi connectivity index (χ1n) is 8.36. The average Bonchev–Trinajstić information content (AvgIpc) is 3.00. The van der Waals surface area contributed by atoms with E-state index in [9.17, 15) is 4.79 Å². The number of aromatic nitrogens is 4. The third-order valence-electron chi connectivity index (χ3n) is 4.91. The molecule has 1 N–H and O–H groups in total. The van der Waals surface area contributed by atoms with Crippen LogP contribution < -0.4 is 5.32 Å². The molecule has 0 bridgehead atoms. The molecular formula is C17H22ClN5O. The Morgan fingerprint density at radius 3 is 2.92 bits per heavy atom. The molecule has 3 atom stereocenters. The normalized spacial score (nSPS) is 23.9. The van der Waals surface area contributed by atoms with Crippen LogP contribution in [-0.4, -0.2) is 32.2 Å². The summed E-state index contributed by atoms with van der Waals surface area (Å²) in [6.45, 7) is 4.52. The van der Waals surface area contributed by atoms with Crippen molar-refractivity contribution in [2.75, 3.05) is 0 Å². The van der Waals surface area contributed by atoms with Gasteiger partial charge in [-0.3, -0.25) is 4.79 Å². The van der Waals surface area contributed by atoms with Gasteiger partial charge in [0.15, 0.2) is 0 Å². The van der Waals surface area contributed by atoms with E-state index in [0.29, 0.717) is 28.2 Å². The van der Waals surface area contributed by atoms with E-state index in [-0.39, 0.29) is 18.5 Å².